The van der Waals surface area contributed by atoms with Gasteiger partial charge in [-0.2, -0.15) is 5.10 Å². The number of carbonyl (C=O) groups is 2. The molecule has 1 fully saturated rings. The Balaban J connectivity index is 1.64. The summed E-state index contributed by atoms with van der Waals surface area (Å²) in [6.07, 6.45) is 5.31. The van der Waals surface area contributed by atoms with Crippen LogP contribution in [0.15, 0.2) is 18.3 Å². The number of nitrogens with two attached hydrogens (primary N) is 1. The highest BCUT2D eigenvalue weighted by atomic mass is 16.2. The maximum absolute atomic E-state index is 12.6. The fourth-order valence-corrected chi connectivity index (χ4v) is 3.99. The van der Waals surface area contributed by atoms with Gasteiger partial charge in [0, 0.05) is 25.7 Å². The number of hydrogen-bond acceptors (Lipinski definition) is 5. The molecular formula is C20H26N6O2. The van der Waals surface area contributed by atoms with Crippen LogP contribution in [0.1, 0.15) is 48.8 Å². The van der Waals surface area contributed by atoms with Gasteiger partial charge in [-0.15, -0.1) is 0 Å². The molecular weight excluding hydrogens is 356 g/mol. The van der Waals surface area contributed by atoms with E-state index in [1.807, 2.05) is 24.8 Å². The first-order valence-corrected chi connectivity index (χ1v) is 9.82. The van der Waals surface area contributed by atoms with Crippen molar-refractivity contribution in [2.75, 3.05) is 26.2 Å². The Morgan fingerprint density at radius 2 is 2.18 bits per heavy atom. The highest BCUT2D eigenvalue weighted by Crippen LogP contribution is 2.27. The summed E-state index contributed by atoms with van der Waals surface area (Å²) in [5.74, 6) is -0.176. The third kappa shape index (κ3) is 3.28. The van der Waals surface area contributed by atoms with E-state index in [-0.39, 0.29) is 17.9 Å². The van der Waals surface area contributed by atoms with Gasteiger partial charge in [-0.3, -0.25) is 9.59 Å². The topological polar surface area (TPSA) is 106 Å². The Morgan fingerprint density at radius 3 is 2.79 bits per heavy atom. The standard InChI is InChI=1S/C20H26N6O2/c1-12(2)26-19-16(11-23-26)15(18(21)27)9-17(24-19)13-4-7-25(8-5-13)20(28)14-3-6-22-10-14/h4,9,11-12,14,22H,3,5-8,10H2,1-2H3,(H2,21,27). The zero-order valence-electron chi connectivity index (χ0n) is 16.3. The molecule has 148 valence electrons. The van der Waals surface area contributed by atoms with Crippen LogP contribution in [0.2, 0.25) is 0 Å². The summed E-state index contributed by atoms with van der Waals surface area (Å²) in [5, 5.41) is 8.29. The van der Waals surface area contributed by atoms with Crippen molar-refractivity contribution in [2.45, 2.75) is 32.7 Å². The molecule has 2 aromatic heterocycles. The molecule has 2 aliphatic heterocycles. The number of nitrogens with one attached hydrogen (secondary N) is 1. The van der Waals surface area contributed by atoms with Crippen LogP contribution in [0.4, 0.5) is 0 Å². The van der Waals surface area contributed by atoms with Crippen molar-refractivity contribution < 1.29 is 9.59 Å². The number of amides is 2. The van der Waals surface area contributed by atoms with Crippen LogP contribution in [0, 0.1) is 5.92 Å². The molecule has 1 atom stereocenters. The molecule has 3 N–H and O–H groups in total. The maximum Gasteiger partial charge on any atom is 0.249 e. The van der Waals surface area contributed by atoms with E-state index in [1.54, 1.807) is 16.9 Å². The molecule has 28 heavy (non-hydrogen) atoms. The van der Waals surface area contributed by atoms with Crippen molar-refractivity contribution in [1.29, 1.82) is 0 Å². The van der Waals surface area contributed by atoms with E-state index >= 15 is 0 Å². The number of rotatable bonds is 4. The molecule has 2 amide bonds. The highest BCUT2D eigenvalue weighted by molar-refractivity contribution is 6.05. The highest BCUT2D eigenvalue weighted by Gasteiger charge is 2.28. The minimum absolute atomic E-state index is 0.0892. The number of aromatic nitrogens is 3. The molecule has 4 heterocycles. The Bertz CT molecular complexity index is 955. The van der Waals surface area contributed by atoms with Crippen LogP contribution in [0.5, 0.6) is 0 Å². The summed E-state index contributed by atoms with van der Waals surface area (Å²) in [4.78, 5) is 31.3. The lowest BCUT2D eigenvalue weighted by Gasteiger charge is -2.28. The lowest BCUT2D eigenvalue weighted by molar-refractivity contribution is -0.134. The van der Waals surface area contributed by atoms with Gasteiger partial charge < -0.3 is 16.0 Å². The molecule has 1 saturated heterocycles. The van der Waals surface area contributed by atoms with Crippen molar-refractivity contribution in [3.63, 3.8) is 0 Å². The molecule has 0 bridgehead atoms. The van der Waals surface area contributed by atoms with E-state index in [1.165, 1.54) is 0 Å². The molecule has 0 aliphatic carbocycles. The van der Waals surface area contributed by atoms with Gasteiger partial charge >= 0.3 is 0 Å². The van der Waals surface area contributed by atoms with Crippen LogP contribution in [0.3, 0.4) is 0 Å². The summed E-state index contributed by atoms with van der Waals surface area (Å²) in [6, 6.07) is 1.87. The molecule has 0 spiro atoms. The van der Waals surface area contributed by atoms with E-state index in [0.29, 0.717) is 36.1 Å². The van der Waals surface area contributed by atoms with Gasteiger partial charge in [-0.25, -0.2) is 9.67 Å². The average molecular weight is 382 g/mol. The normalized spacial score (nSPS) is 20.0. The monoisotopic (exact) mass is 382 g/mol. The third-order valence-corrected chi connectivity index (χ3v) is 5.58. The largest absolute Gasteiger partial charge is 0.366 e. The number of hydrogen-bond donors (Lipinski definition) is 2. The Kier molecular flexibility index (Phi) is 4.89. The lowest BCUT2D eigenvalue weighted by atomic mass is 10.00. The zero-order valence-corrected chi connectivity index (χ0v) is 16.3. The number of carbonyl (C=O) groups excluding carboxylic acids is 2. The molecule has 2 aromatic rings. The van der Waals surface area contributed by atoms with E-state index in [9.17, 15) is 9.59 Å². The van der Waals surface area contributed by atoms with Crippen molar-refractivity contribution in [1.82, 2.24) is 25.0 Å². The van der Waals surface area contributed by atoms with Crippen molar-refractivity contribution >= 4 is 28.4 Å². The second-order valence-corrected chi connectivity index (χ2v) is 7.79. The summed E-state index contributed by atoms with van der Waals surface area (Å²) in [5.41, 5.74) is 8.48. The molecule has 2 aliphatic rings. The van der Waals surface area contributed by atoms with Gasteiger partial charge in [0.25, 0.3) is 0 Å². The molecule has 0 saturated carbocycles. The molecule has 4 rings (SSSR count). The van der Waals surface area contributed by atoms with Crippen LogP contribution in [-0.2, 0) is 4.79 Å². The van der Waals surface area contributed by atoms with Gasteiger partial charge in [0.05, 0.1) is 28.8 Å². The van der Waals surface area contributed by atoms with Gasteiger partial charge in [0.1, 0.15) is 0 Å². The maximum atomic E-state index is 12.6. The number of pyridine rings is 1. The molecule has 8 heteroatoms. The Labute approximate surface area is 163 Å². The Morgan fingerprint density at radius 1 is 1.36 bits per heavy atom. The second-order valence-electron chi connectivity index (χ2n) is 7.79. The Hall–Kier alpha value is -2.74. The zero-order chi connectivity index (χ0) is 19.8. The first-order chi connectivity index (χ1) is 13.5. The second kappa shape index (κ2) is 7.35. The number of nitrogens with zero attached hydrogens (tertiary/aromatic N) is 4. The van der Waals surface area contributed by atoms with Crippen molar-refractivity contribution in [3.8, 4) is 0 Å². The van der Waals surface area contributed by atoms with E-state index in [4.69, 9.17) is 10.7 Å². The fourth-order valence-electron chi connectivity index (χ4n) is 3.99. The van der Waals surface area contributed by atoms with Crippen LogP contribution in [0.25, 0.3) is 16.6 Å². The van der Waals surface area contributed by atoms with E-state index < -0.39 is 5.91 Å². The first kappa shape index (κ1) is 18.6. The summed E-state index contributed by atoms with van der Waals surface area (Å²) < 4.78 is 1.80. The predicted octanol–water partition coefficient (Wildman–Crippen LogP) is 1.34. The smallest absolute Gasteiger partial charge is 0.249 e. The van der Waals surface area contributed by atoms with Gasteiger partial charge in [0.15, 0.2) is 5.65 Å². The quantitative estimate of drug-likeness (QED) is 0.830. The van der Waals surface area contributed by atoms with E-state index in [0.717, 1.165) is 30.8 Å². The van der Waals surface area contributed by atoms with Gasteiger partial charge in [0.2, 0.25) is 11.8 Å². The van der Waals surface area contributed by atoms with Gasteiger partial charge in [-0.05, 0) is 44.9 Å². The first-order valence-electron chi connectivity index (χ1n) is 9.82. The van der Waals surface area contributed by atoms with Crippen molar-refractivity contribution in [2.24, 2.45) is 11.7 Å². The predicted molar refractivity (Wildman–Crippen MR) is 107 cm³/mol. The van der Waals surface area contributed by atoms with Crippen LogP contribution < -0.4 is 11.1 Å². The molecule has 0 aromatic carbocycles. The minimum Gasteiger partial charge on any atom is -0.366 e. The van der Waals surface area contributed by atoms with E-state index in [2.05, 4.69) is 10.4 Å². The third-order valence-electron chi connectivity index (χ3n) is 5.58. The summed E-state index contributed by atoms with van der Waals surface area (Å²) in [6.45, 7) is 6.95. The molecule has 0 radical (unpaired) electrons. The summed E-state index contributed by atoms with van der Waals surface area (Å²) in [7, 11) is 0. The van der Waals surface area contributed by atoms with Gasteiger partial charge in [-0.1, -0.05) is 6.08 Å². The van der Waals surface area contributed by atoms with Crippen LogP contribution >= 0.6 is 0 Å². The van der Waals surface area contributed by atoms with Crippen LogP contribution in [-0.4, -0.2) is 57.7 Å². The fraction of sp³-hybridized carbons (Fsp3) is 0.500. The average Bonchev–Trinajstić information content (AvgIpc) is 3.36. The molecule has 8 nitrogen and oxygen atoms in total. The van der Waals surface area contributed by atoms with Crippen molar-refractivity contribution in [3.05, 3.63) is 29.6 Å². The minimum atomic E-state index is -0.487. The number of primary amides is 1. The summed E-state index contributed by atoms with van der Waals surface area (Å²) >= 11 is 0. The molecule has 1 unspecified atom stereocenters. The SMILES string of the molecule is CC(C)n1ncc2c(C(N)=O)cc(C3=CCN(C(=O)C4CCNC4)CC3)nc21. The number of fused-ring (bicyclic) bond motifs is 1. The lowest BCUT2D eigenvalue weighted by Crippen LogP contribution is -2.39.